The minimum Gasteiger partial charge on any atom is -0.497 e. The summed E-state index contributed by atoms with van der Waals surface area (Å²) in [6.07, 6.45) is 4.78. The number of fused-ring (bicyclic) bond motifs is 1. The number of hydrogen-bond donors (Lipinski definition) is 3. The van der Waals surface area contributed by atoms with Crippen molar-refractivity contribution in [3.8, 4) is 40.0 Å². The molecule has 2 aromatic heterocycles. The van der Waals surface area contributed by atoms with Crippen LogP contribution in [0.3, 0.4) is 0 Å². The van der Waals surface area contributed by atoms with Crippen LogP contribution in [-0.4, -0.2) is 85.6 Å². The first-order valence-corrected chi connectivity index (χ1v) is 19.5. The normalized spacial score (nSPS) is 12.1. The summed E-state index contributed by atoms with van der Waals surface area (Å²) < 4.78 is 58.5. The predicted octanol–water partition coefficient (Wildman–Crippen LogP) is 7.65. The number of H-pyrrole nitrogens is 1. The van der Waals surface area contributed by atoms with Crippen molar-refractivity contribution in [2.75, 3.05) is 59.2 Å². The molecule has 1 aliphatic rings. The smallest absolute Gasteiger partial charge is 0.258 e. The molecule has 0 bridgehead atoms. The first-order valence-electron chi connectivity index (χ1n) is 19.5. The van der Waals surface area contributed by atoms with Gasteiger partial charge < -0.3 is 44.6 Å². The molecular formula is C46H44F2N6O8. The summed E-state index contributed by atoms with van der Waals surface area (Å²) in [7, 11) is 5.94. The Hall–Kier alpha value is -7.49. The van der Waals surface area contributed by atoms with Crippen LogP contribution in [0.1, 0.15) is 56.2 Å². The fourth-order valence-electron chi connectivity index (χ4n) is 6.96. The zero-order valence-electron chi connectivity index (χ0n) is 34.7. The van der Waals surface area contributed by atoms with Gasteiger partial charge in [0.1, 0.15) is 42.6 Å². The standard InChI is InChI=1S/C46H44F2N6O8/c1-24(22-62-42-38(59-5)16-28(17-39(42)60-6)41(55)34-21-50-37-20-30(58-4)10-12-31(34)37)46(57)54(3)13-14-61-43-40(51-23-52-44(43)49)33-18-29(47)19-36(25(33)2)53-45(56)32-11-9-27(15-35(32)48)26-7-8-26/h9-12,15-21,23,26,50H,1,7-8,13-14,22H2,2-6H3,(H,53,56)(H2,49,51,52). The second-order valence-corrected chi connectivity index (χ2v) is 14.7. The van der Waals surface area contributed by atoms with E-state index < -0.39 is 23.4 Å². The Morgan fingerprint density at radius 1 is 0.919 bits per heavy atom. The van der Waals surface area contributed by atoms with Crippen LogP contribution in [0.15, 0.2) is 85.3 Å². The Kier molecular flexibility index (Phi) is 12.4. The van der Waals surface area contributed by atoms with Crippen LogP contribution < -0.4 is 34.7 Å². The van der Waals surface area contributed by atoms with E-state index in [4.69, 9.17) is 29.4 Å². The van der Waals surface area contributed by atoms with Gasteiger partial charge in [0, 0.05) is 58.2 Å². The number of ketones is 1. The lowest BCUT2D eigenvalue weighted by molar-refractivity contribution is -0.126. The largest absolute Gasteiger partial charge is 0.497 e. The lowest BCUT2D eigenvalue weighted by atomic mass is 10.0. The third-order valence-electron chi connectivity index (χ3n) is 10.6. The average Bonchev–Trinajstić information content (AvgIpc) is 4.04. The van der Waals surface area contributed by atoms with Crippen LogP contribution >= 0.6 is 0 Å². The molecular weight excluding hydrogens is 803 g/mol. The van der Waals surface area contributed by atoms with Crippen LogP contribution in [0.2, 0.25) is 0 Å². The number of ether oxygens (including phenoxy) is 5. The molecule has 7 rings (SSSR count). The Morgan fingerprint density at radius 2 is 1.66 bits per heavy atom. The van der Waals surface area contributed by atoms with Crippen molar-refractivity contribution in [3.63, 3.8) is 0 Å². The van der Waals surface area contributed by atoms with Crippen molar-refractivity contribution >= 4 is 40.0 Å². The zero-order valence-corrected chi connectivity index (χ0v) is 34.7. The second kappa shape index (κ2) is 18.0. The lowest BCUT2D eigenvalue weighted by Crippen LogP contribution is -2.33. The number of hydrogen-bond acceptors (Lipinski definition) is 11. The molecule has 16 heteroatoms. The van der Waals surface area contributed by atoms with E-state index in [0.717, 1.165) is 30.0 Å². The highest BCUT2D eigenvalue weighted by Gasteiger charge is 2.27. The third-order valence-corrected chi connectivity index (χ3v) is 10.6. The Morgan fingerprint density at radius 3 is 2.34 bits per heavy atom. The molecule has 320 valence electrons. The Labute approximate surface area is 355 Å². The van der Waals surface area contributed by atoms with E-state index in [0.29, 0.717) is 28.2 Å². The van der Waals surface area contributed by atoms with Gasteiger partial charge in [0.05, 0.1) is 33.4 Å². The number of benzene rings is 4. The molecule has 4 aromatic carbocycles. The summed E-state index contributed by atoms with van der Waals surface area (Å²) >= 11 is 0. The van der Waals surface area contributed by atoms with Crippen molar-refractivity contribution in [3.05, 3.63) is 125 Å². The number of nitrogens with one attached hydrogen (secondary N) is 2. The average molecular weight is 847 g/mol. The molecule has 1 saturated carbocycles. The summed E-state index contributed by atoms with van der Waals surface area (Å²) in [6, 6.07) is 15.3. The van der Waals surface area contributed by atoms with Gasteiger partial charge in [-0.05, 0) is 85.3 Å². The van der Waals surface area contributed by atoms with Crippen molar-refractivity contribution in [2.24, 2.45) is 0 Å². The molecule has 0 unspecified atom stereocenters. The number of halogens is 2. The van der Waals surface area contributed by atoms with Gasteiger partial charge in [-0.2, -0.15) is 0 Å². The summed E-state index contributed by atoms with van der Waals surface area (Å²) in [5.74, 6) is -1.37. The minimum absolute atomic E-state index is 0.0224. The molecule has 0 saturated heterocycles. The number of aromatic amines is 1. The van der Waals surface area contributed by atoms with Crippen LogP contribution in [0, 0.1) is 18.6 Å². The Bertz CT molecular complexity index is 2710. The quantitative estimate of drug-likeness (QED) is 0.0606. The van der Waals surface area contributed by atoms with Gasteiger partial charge in [0.2, 0.25) is 5.75 Å². The number of methoxy groups -OCH3 is 3. The van der Waals surface area contributed by atoms with Gasteiger partial charge in [-0.25, -0.2) is 18.7 Å². The lowest BCUT2D eigenvalue weighted by Gasteiger charge is -2.21. The van der Waals surface area contributed by atoms with Crippen molar-refractivity contribution < 1.29 is 46.8 Å². The van der Waals surface area contributed by atoms with E-state index in [1.54, 1.807) is 51.5 Å². The van der Waals surface area contributed by atoms with Crippen molar-refractivity contribution in [2.45, 2.75) is 25.7 Å². The van der Waals surface area contributed by atoms with E-state index in [1.165, 1.54) is 55.8 Å². The van der Waals surface area contributed by atoms with Crippen LogP contribution in [0.4, 0.5) is 20.3 Å². The molecule has 14 nitrogen and oxygen atoms in total. The SMILES string of the molecule is C=C(COc1c(OC)cc(C(=O)c2c[nH]c3cc(OC)ccc23)cc1OC)C(=O)N(C)CCOc1c(N)ncnc1-c1cc(F)cc(NC(=O)c2ccc(C3CC3)cc2F)c1C. The van der Waals surface area contributed by atoms with Gasteiger partial charge in [0.25, 0.3) is 11.8 Å². The molecule has 1 aliphatic carbocycles. The number of nitrogen functional groups attached to an aromatic ring is 1. The van der Waals surface area contributed by atoms with Crippen LogP contribution in [0.25, 0.3) is 22.2 Å². The molecule has 6 aromatic rings. The topological polar surface area (TPSA) is 180 Å². The number of rotatable bonds is 17. The highest BCUT2D eigenvalue weighted by atomic mass is 19.1. The molecule has 0 radical (unpaired) electrons. The van der Waals surface area contributed by atoms with Gasteiger partial charge in [-0.3, -0.25) is 14.4 Å². The fraction of sp³-hybridized carbons (Fsp3) is 0.239. The van der Waals surface area contributed by atoms with E-state index in [2.05, 4.69) is 26.8 Å². The monoisotopic (exact) mass is 846 g/mol. The zero-order chi connectivity index (χ0) is 44.2. The van der Waals surface area contributed by atoms with E-state index in [9.17, 15) is 18.8 Å². The van der Waals surface area contributed by atoms with E-state index in [-0.39, 0.29) is 88.0 Å². The Balaban J connectivity index is 0.993. The summed E-state index contributed by atoms with van der Waals surface area (Å²) in [4.78, 5) is 53.0. The number of aromatic nitrogens is 3. The maximum Gasteiger partial charge on any atom is 0.258 e. The number of likely N-dealkylation sites (N-methyl/N-ethyl adjacent to an activating group) is 1. The second-order valence-electron chi connectivity index (χ2n) is 14.7. The number of nitrogens with zero attached hydrogens (tertiary/aromatic N) is 3. The van der Waals surface area contributed by atoms with Gasteiger partial charge in [-0.15, -0.1) is 0 Å². The number of anilines is 2. The van der Waals surface area contributed by atoms with Gasteiger partial charge in [-0.1, -0.05) is 12.6 Å². The molecule has 0 aliphatic heterocycles. The summed E-state index contributed by atoms with van der Waals surface area (Å²) in [6.45, 7) is 5.25. The minimum atomic E-state index is -0.741. The van der Waals surface area contributed by atoms with Crippen molar-refractivity contribution in [1.82, 2.24) is 19.9 Å². The number of carbonyl (C=O) groups excluding carboxylic acids is 3. The molecule has 1 fully saturated rings. The van der Waals surface area contributed by atoms with Crippen molar-refractivity contribution in [1.29, 1.82) is 0 Å². The molecule has 0 spiro atoms. The van der Waals surface area contributed by atoms with E-state index >= 15 is 4.39 Å². The highest BCUT2D eigenvalue weighted by molar-refractivity contribution is 6.17. The molecule has 2 amide bonds. The summed E-state index contributed by atoms with van der Waals surface area (Å²) in [5.41, 5.74) is 9.29. The predicted molar refractivity (Wildman–Crippen MR) is 228 cm³/mol. The number of nitrogens with two attached hydrogens (primary N) is 1. The molecule has 2 heterocycles. The third kappa shape index (κ3) is 8.84. The van der Waals surface area contributed by atoms with E-state index in [1.807, 2.05) is 0 Å². The van der Waals surface area contributed by atoms with Crippen LogP contribution in [-0.2, 0) is 4.79 Å². The highest BCUT2D eigenvalue weighted by Crippen LogP contribution is 2.42. The number of carbonyl (C=O) groups is 3. The summed E-state index contributed by atoms with van der Waals surface area (Å²) in [5, 5.41) is 3.33. The molecule has 62 heavy (non-hydrogen) atoms. The first-order chi connectivity index (χ1) is 29.8. The molecule has 4 N–H and O–H groups in total. The van der Waals surface area contributed by atoms with Gasteiger partial charge >= 0.3 is 0 Å². The maximum atomic E-state index is 15.1. The molecule has 0 atom stereocenters. The first kappa shape index (κ1) is 42.6. The van der Waals surface area contributed by atoms with Crippen LogP contribution in [0.5, 0.6) is 28.7 Å². The van der Waals surface area contributed by atoms with Gasteiger partial charge in [0.15, 0.2) is 28.8 Å². The maximum absolute atomic E-state index is 15.1. The number of amides is 2. The fourth-order valence-corrected chi connectivity index (χ4v) is 6.96.